The van der Waals surface area contributed by atoms with Crippen LogP contribution in [0.25, 0.3) is 0 Å². The SMILES string of the molecule is CN(CC(=O)O)C1CCCN(C(=O)NC2CCC(Cc3ccccc3)C2)CC1. The van der Waals surface area contributed by atoms with Crippen molar-refractivity contribution >= 4 is 12.0 Å². The fraction of sp³-hybridized carbons (Fsp3) is 0.636. The second kappa shape index (κ2) is 9.92. The van der Waals surface area contributed by atoms with Gasteiger partial charge in [-0.25, -0.2) is 4.79 Å². The van der Waals surface area contributed by atoms with Crippen molar-refractivity contribution in [3.8, 4) is 0 Å². The predicted octanol–water partition coefficient (Wildman–Crippen LogP) is 2.98. The Balaban J connectivity index is 1.43. The Morgan fingerprint density at radius 1 is 1.14 bits per heavy atom. The molecule has 6 nitrogen and oxygen atoms in total. The number of hydrogen-bond donors (Lipinski definition) is 2. The van der Waals surface area contributed by atoms with Crippen LogP contribution in [-0.2, 0) is 11.2 Å². The highest BCUT2D eigenvalue weighted by molar-refractivity contribution is 5.74. The normalized spacial score (nSPS) is 25.5. The lowest BCUT2D eigenvalue weighted by Gasteiger charge is -2.26. The molecule has 3 rings (SSSR count). The third-order valence-corrected chi connectivity index (χ3v) is 6.23. The van der Waals surface area contributed by atoms with Gasteiger partial charge in [0.05, 0.1) is 6.54 Å². The molecule has 2 aliphatic rings. The van der Waals surface area contributed by atoms with Crippen LogP contribution in [0, 0.1) is 5.92 Å². The average molecular weight is 388 g/mol. The Morgan fingerprint density at radius 3 is 2.68 bits per heavy atom. The number of urea groups is 1. The number of amides is 2. The Morgan fingerprint density at radius 2 is 1.93 bits per heavy atom. The minimum Gasteiger partial charge on any atom is -0.480 e. The molecule has 2 N–H and O–H groups in total. The summed E-state index contributed by atoms with van der Waals surface area (Å²) in [4.78, 5) is 27.5. The monoisotopic (exact) mass is 387 g/mol. The van der Waals surface area contributed by atoms with E-state index in [2.05, 4.69) is 29.6 Å². The fourth-order valence-electron chi connectivity index (χ4n) is 4.67. The molecule has 2 fully saturated rings. The van der Waals surface area contributed by atoms with Crippen LogP contribution in [0.3, 0.4) is 0 Å². The summed E-state index contributed by atoms with van der Waals surface area (Å²) in [5.41, 5.74) is 1.38. The van der Waals surface area contributed by atoms with Gasteiger partial charge in [0.2, 0.25) is 0 Å². The number of hydrogen-bond acceptors (Lipinski definition) is 3. The molecular weight excluding hydrogens is 354 g/mol. The summed E-state index contributed by atoms with van der Waals surface area (Å²) in [6.45, 7) is 1.51. The van der Waals surface area contributed by atoms with E-state index in [9.17, 15) is 9.59 Å². The molecule has 3 unspecified atom stereocenters. The molecule has 6 heteroatoms. The van der Waals surface area contributed by atoms with E-state index in [0.29, 0.717) is 12.5 Å². The highest BCUT2D eigenvalue weighted by Crippen LogP contribution is 2.29. The molecule has 3 atom stereocenters. The molecule has 1 heterocycles. The summed E-state index contributed by atoms with van der Waals surface area (Å²) in [5, 5.41) is 12.2. The Labute approximate surface area is 167 Å². The van der Waals surface area contributed by atoms with Gasteiger partial charge in [-0.2, -0.15) is 0 Å². The van der Waals surface area contributed by atoms with Gasteiger partial charge in [0.25, 0.3) is 0 Å². The summed E-state index contributed by atoms with van der Waals surface area (Å²) in [6.07, 6.45) is 7.06. The van der Waals surface area contributed by atoms with Gasteiger partial charge in [-0.05, 0) is 63.5 Å². The zero-order valence-corrected chi connectivity index (χ0v) is 16.8. The molecule has 2 amide bonds. The van der Waals surface area contributed by atoms with Crippen LogP contribution in [0.2, 0.25) is 0 Å². The molecule has 0 spiro atoms. The van der Waals surface area contributed by atoms with Crippen molar-refractivity contribution in [3.63, 3.8) is 0 Å². The summed E-state index contributed by atoms with van der Waals surface area (Å²) >= 11 is 0. The van der Waals surface area contributed by atoms with Crippen LogP contribution < -0.4 is 5.32 Å². The molecule has 0 aromatic heterocycles. The smallest absolute Gasteiger partial charge is 0.317 e. The number of nitrogens with one attached hydrogen (secondary N) is 1. The molecule has 28 heavy (non-hydrogen) atoms. The number of carbonyl (C=O) groups excluding carboxylic acids is 1. The minimum absolute atomic E-state index is 0.0481. The van der Waals surface area contributed by atoms with Crippen LogP contribution >= 0.6 is 0 Å². The number of likely N-dealkylation sites (N-methyl/N-ethyl adjacent to an activating group) is 1. The van der Waals surface area contributed by atoms with Gasteiger partial charge < -0.3 is 15.3 Å². The van der Waals surface area contributed by atoms with Crippen molar-refractivity contribution in [2.75, 3.05) is 26.7 Å². The topological polar surface area (TPSA) is 72.9 Å². The van der Waals surface area contributed by atoms with Crippen LogP contribution in [-0.4, -0.2) is 65.7 Å². The van der Waals surface area contributed by atoms with Crippen LogP contribution in [0.5, 0.6) is 0 Å². The lowest BCUT2D eigenvalue weighted by Crippen LogP contribution is -2.45. The molecule has 1 saturated heterocycles. The lowest BCUT2D eigenvalue weighted by molar-refractivity contribution is -0.138. The second-order valence-corrected chi connectivity index (χ2v) is 8.40. The van der Waals surface area contributed by atoms with Crippen molar-refractivity contribution in [3.05, 3.63) is 35.9 Å². The van der Waals surface area contributed by atoms with E-state index in [-0.39, 0.29) is 24.7 Å². The number of benzene rings is 1. The number of nitrogens with zero attached hydrogens (tertiary/aromatic N) is 2. The van der Waals surface area contributed by atoms with Gasteiger partial charge in [-0.3, -0.25) is 9.69 Å². The first-order valence-electron chi connectivity index (χ1n) is 10.5. The van der Waals surface area contributed by atoms with Crippen molar-refractivity contribution < 1.29 is 14.7 Å². The lowest BCUT2D eigenvalue weighted by atomic mass is 9.98. The number of carboxylic acids is 1. The van der Waals surface area contributed by atoms with Crippen LogP contribution in [0.15, 0.2) is 30.3 Å². The largest absolute Gasteiger partial charge is 0.480 e. The molecule has 1 aliphatic carbocycles. The van der Waals surface area contributed by atoms with Crippen LogP contribution in [0.4, 0.5) is 4.79 Å². The summed E-state index contributed by atoms with van der Waals surface area (Å²) < 4.78 is 0. The van der Waals surface area contributed by atoms with Gasteiger partial charge in [-0.1, -0.05) is 30.3 Å². The van der Waals surface area contributed by atoms with Gasteiger partial charge in [-0.15, -0.1) is 0 Å². The Bertz CT molecular complexity index is 652. The molecule has 1 saturated carbocycles. The van der Waals surface area contributed by atoms with E-state index in [4.69, 9.17) is 5.11 Å². The van der Waals surface area contributed by atoms with E-state index in [0.717, 1.165) is 45.1 Å². The highest BCUT2D eigenvalue weighted by atomic mass is 16.4. The summed E-state index contributed by atoms with van der Waals surface area (Å²) in [7, 11) is 1.86. The first-order chi connectivity index (χ1) is 13.5. The Kier molecular flexibility index (Phi) is 7.31. The van der Waals surface area contributed by atoms with Gasteiger partial charge in [0, 0.05) is 25.2 Å². The second-order valence-electron chi connectivity index (χ2n) is 8.40. The first kappa shape index (κ1) is 20.6. The molecule has 1 aliphatic heterocycles. The zero-order chi connectivity index (χ0) is 19.9. The van der Waals surface area contributed by atoms with Gasteiger partial charge >= 0.3 is 12.0 Å². The van der Waals surface area contributed by atoms with E-state index in [1.807, 2.05) is 22.9 Å². The third-order valence-electron chi connectivity index (χ3n) is 6.23. The number of aliphatic carboxylic acids is 1. The van der Waals surface area contributed by atoms with Crippen molar-refractivity contribution in [2.24, 2.45) is 5.92 Å². The molecule has 1 aromatic carbocycles. The minimum atomic E-state index is -0.798. The third kappa shape index (κ3) is 5.96. The molecular formula is C22H33N3O3. The van der Waals surface area contributed by atoms with Crippen molar-refractivity contribution in [1.82, 2.24) is 15.1 Å². The quantitative estimate of drug-likeness (QED) is 0.787. The molecule has 154 valence electrons. The van der Waals surface area contributed by atoms with E-state index in [1.54, 1.807) is 0 Å². The standard InChI is InChI=1S/C22H33N3O3/c1-24(16-21(26)27)20-8-5-12-25(13-11-20)22(28)23-19-10-9-18(15-19)14-17-6-3-2-4-7-17/h2-4,6-7,18-20H,5,8-16H2,1H3,(H,23,28)(H,26,27). The highest BCUT2D eigenvalue weighted by Gasteiger charge is 2.29. The van der Waals surface area contributed by atoms with E-state index in [1.165, 1.54) is 12.0 Å². The van der Waals surface area contributed by atoms with Crippen molar-refractivity contribution in [2.45, 2.75) is 57.0 Å². The maximum Gasteiger partial charge on any atom is 0.317 e. The number of likely N-dealkylation sites (tertiary alicyclic amines) is 1. The van der Waals surface area contributed by atoms with Crippen LogP contribution in [0.1, 0.15) is 44.1 Å². The molecule has 0 bridgehead atoms. The zero-order valence-electron chi connectivity index (χ0n) is 16.8. The van der Waals surface area contributed by atoms with Gasteiger partial charge in [0.15, 0.2) is 0 Å². The first-order valence-corrected chi connectivity index (χ1v) is 10.5. The maximum atomic E-state index is 12.7. The number of carboxylic acid groups (broad SMARTS) is 1. The summed E-state index contributed by atoms with van der Waals surface area (Å²) in [5.74, 6) is -0.154. The van der Waals surface area contributed by atoms with E-state index < -0.39 is 5.97 Å². The molecule has 1 aromatic rings. The Hall–Kier alpha value is -2.08. The summed E-state index contributed by atoms with van der Waals surface area (Å²) in [6, 6.07) is 11.1. The maximum absolute atomic E-state index is 12.7. The predicted molar refractivity (Wildman–Crippen MR) is 109 cm³/mol. The van der Waals surface area contributed by atoms with E-state index >= 15 is 0 Å². The number of carbonyl (C=O) groups is 2. The van der Waals surface area contributed by atoms with Gasteiger partial charge in [0.1, 0.15) is 0 Å². The fourth-order valence-corrected chi connectivity index (χ4v) is 4.67. The average Bonchev–Trinajstić information content (AvgIpc) is 2.94. The number of rotatable bonds is 6. The molecule has 0 radical (unpaired) electrons. The van der Waals surface area contributed by atoms with Crippen molar-refractivity contribution in [1.29, 1.82) is 0 Å².